The van der Waals surface area contributed by atoms with Crippen LogP contribution in [0.25, 0.3) is 11.3 Å². The average molecular weight is 393 g/mol. The topological polar surface area (TPSA) is 63.2 Å². The van der Waals surface area contributed by atoms with Gasteiger partial charge in [0, 0.05) is 10.9 Å². The van der Waals surface area contributed by atoms with Crippen LogP contribution in [0.15, 0.2) is 53.9 Å². The van der Waals surface area contributed by atoms with E-state index in [1.807, 2.05) is 12.1 Å². The maximum Gasteiger partial charge on any atom is 0.418 e. The molecule has 3 rings (SSSR count). The van der Waals surface area contributed by atoms with Gasteiger partial charge in [0.2, 0.25) is 0 Å². The van der Waals surface area contributed by atoms with Gasteiger partial charge in [0.1, 0.15) is 5.75 Å². The molecule has 140 valence electrons. The van der Waals surface area contributed by atoms with Gasteiger partial charge in [-0.2, -0.15) is 13.2 Å². The number of carbonyl (C=O) groups excluding carboxylic acids is 1. The molecule has 27 heavy (non-hydrogen) atoms. The van der Waals surface area contributed by atoms with Crippen LogP contribution >= 0.6 is 11.3 Å². The van der Waals surface area contributed by atoms with E-state index in [1.165, 1.54) is 29.5 Å². The summed E-state index contributed by atoms with van der Waals surface area (Å²) >= 11 is 1.17. The Labute approximate surface area is 156 Å². The highest BCUT2D eigenvalue weighted by Gasteiger charge is 2.33. The Hall–Kier alpha value is -3.07. The van der Waals surface area contributed by atoms with E-state index in [2.05, 4.69) is 15.6 Å². The summed E-state index contributed by atoms with van der Waals surface area (Å²) in [6.07, 6.45) is -4.56. The van der Waals surface area contributed by atoms with E-state index in [9.17, 15) is 18.0 Å². The SMILES string of the molecule is COc1ccc(-c2csc(NC(=O)Nc3ccccc3C(F)(F)F)n2)cc1. The fourth-order valence-corrected chi connectivity index (χ4v) is 3.03. The number of alkyl halides is 3. The Morgan fingerprint density at radius 1 is 1.07 bits per heavy atom. The number of methoxy groups -OCH3 is 1. The first-order chi connectivity index (χ1) is 12.9. The molecule has 0 aliphatic carbocycles. The van der Waals surface area contributed by atoms with Crippen molar-refractivity contribution in [2.24, 2.45) is 0 Å². The smallest absolute Gasteiger partial charge is 0.418 e. The number of nitrogens with zero attached hydrogens (tertiary/aromatic N) is 1. The van der Waals surface area contributed by atoms with E-state index in [-0.39, 0.29) is 10.8 Å². The van der Waals surface area contributed by atoms with E-state index >= 15 is 0 Å². The number of carbonyl (C=O) groups is 1. The molecule has 2 amide bonds. The quantitative estimate of drug-likeness (QED) is 0.617. The standard InChI is InChI=1S/C18H14F3N3O2S/c1-26-12-8-6-11(7-9-12)15-10-27-17(23-15)24-16(25)22-14-5-3-2-4-13(14)18(19,20)21/h2-10H,1H3,(H2,22,23,24,25). The first-order valence-corrected chi connectivity index (χ1v) is 8.59. The third-order valence-electron chi connectivity index (χ3n) is 3.59. The zero-order valence-corrected chi connectivity index (χ0v) is 14.8. The highest BCUT2D eigenvalue weighted by molar-refractivity contribution is 7.14. The van der Waals surface area contributed by atoms with Gasteiger partial charge in [0.25, 0.3) is 0 Å². The second-order valence-electron chi connectivity index (χ2n) is 5.39. The molecule has 1 heterocycles. The van der Waals surface area contributed by atoms with Crippen molar-refractivity contribution in [2.45, 2.75) is 6.18 Å². The van der Waals surface area contributed by atoms with Gasteiger partial charge in [-0.25, -0.2) is 9.78 Å². The monoisotopic (exact) mass is 393 g/mol. The summed E-state index contributed by atoms with van der Waals surface area (Å²) in [6, 6.07) is 11.2. The van der Waals surface area contributed by atoms with Gasteiger partial charge in [-0.3, -0.25) is 5.32 Å². The molecule has 0 radical (unpaired) electrons. The first-order valence-electron chi connectivity index (χ1n) is 7.71. The van der Waals surface area contributed by atoms with Gasteiger partial charge in [-0.05, 0) is 36.4 Å². The molecule has 0 saturated heterocycles. The largest absolute Gasteiger partial charge is 0.497 e. The maximum absolute atomic E-state index is 13.0. The number of aromatic nitrogens is 1. The van der Waals surface area contributed by atoms with Gasteiger partial charge in [0.05, 0.1) is 24.1 Å². The number of urea groups is 1. The van der Waals surface area contributed by atoms with Crippen molar-refractivity contribution in [3.8, 4) is 17.0 Å². The summed E-state index contributed by atoms with van der Waals surface area (Å²) in [5, 5.41) is 6.66. The van der Waals surface area contributed by atoms with Gasteiger partial charge in [0.15, 0.2) is 5.13 Å². The Kier molecular flexibility index (Phi) is 5.31. The van der Waals surface area contributed by atoms with Crippen molar-refractivity contribution in [1.29, 1.82) is 0 Å². The fourth-order valence-electron chi connectivity index (χ4n) is 2.32. The lowest BCUT2D eigenvalue weighted by atomic mass is 10.1. The van der Waals surface area contributed by atoms with Crippen molar-refractivity contribution in [3.63, 3.8) is 0 Å². The molecule has 3 aromatic rings. The zero-order valence-electron chi connectivity index (χ0n) is 14.0. The number of para-hydroxylation sites is 1. The van der Waals surface area contributed by atoms with Crippen molar-refractivity contribution >= 4 is 28.2 Å². The number of hydrogen-bond donors (Lipinski definition) is 2. The molecule has 0 saturated carbocycles. The molecule has 0 fully saturated rings. The Balaban J connectivity index is 1.70. The number of anilines is 2. The summed E-state index contributed by atoms with van der Waals surface area (Å²) in [5.74, 6) is 0.704. The third kappa shape index (κ3) is 4.56. The van der Waals surface area contributed by atoms with Crippen LogP contribution in [0.2, 0.25) is 0 Å². The average Bonchev–Trinajstić information content (AvgIpc) is 3.09. The van der Waals surface area contributed by atoms with Crippen LogP contribution in [0.1, 0.15) is 5.56 Å². The number of hydrogen-bond acceptors (Lipinski definition) is 4. The van der Waals surface area contributed by atoms with E-state index in [4.69, 9.17) is 4.74 Å². The lowest BCUT2D eigenvalue weighted by Crippen LogP contribution is -2.21. The van der Waals surface area contributed by atoms with Crippen LogP contribution in [-0.2, 0) is 6.18 Å². The Morgan fingerprint density at radius 2 is 1.78 bits per heavy atom. The minimum atomic E-state index is -4.56. The van der Waals surface area contributed by atoms with E-state index in [0.717, 1.165) is 11.6 Å². The number of halogens is 3. The van der Waals surface area contributed by atoms with Crippen molar-refractivity contribution in [1.82, 2.24) is 4.98 Å². The zero-order chi connectivity index (χ0) is 19.4. The molecule has 5 nitrogen and oxygen atoms in total. The van der Waals surface area contributed by atoms with Crippen LogP contribution in [-0.4, -0.2) is 18.1 Å². The molecule has 0 unspecified atom stereocenters. The number of ether oxygens (including phenoxy) is 1. The van der Waals surface area contributed by atoms with Gasteiger partial charge in [-0.1, -0.05) is 12.1 Å². The van der Waals surface area contributed by atoms with Gasteiger partial charge in [-0.15, -0.1) is 11.3 Å². The highest BCUT2D eigenvalue weighted by Crippen LogP contribution is 2.34. The number of nitrogens with one attached hydrogen (secondary N) is 2. The maximum atomic E-state index is 13.0. The van der Waals surface area contributed by atoms with Crippen molar-refractivity contribution in [3.05, 3.63) is 59.5 Å². The van der Waals surface area contributed by atoms with E-state index < -0.39 is 17.8 Å². The predicted octanol–water partition coefficient (Wildman–Crippen LogP) is 5.48. The molecule has 9 heteroatoms. The fraction of sp³-hybridized carbons (Fsp3) is 0.111. The summed E-state index contributed by atoms with van der Waals surface area (Å²) < 4.78 is 44.0. The third-order valence-corrected chi connectivity index (χ3v) is 4.35. The molecule has 2 aromatic carbocycles. The number of benzene rings is 2. The van der Waals surface area contributed by atoms with Gasteiger partial charge >= 0.3 is 12.2 Å². The highest BCUT2D eigenvalue weighted by atomic mass is 32.1. The molecule has 1 aromatic heterocycles. The molecule has 2 N–H and O–H groups in total. The van der Waals surface area contributed by atoms with Crippen LogP contribution in [0, 0.1) is 0 Å². The Bertz CT molecular complexity index is 940. The van der Waals surface area contributed by atoms with Crippen LogP contribution in [0.5, 0.6) is 5.75 Å². The summed E-state index contributed by atoms with van der Waals surface area (Å²) in [4.78, 5) is 16.3. The minimum Gasteiger partial charge on any atom is -0.497 e. The van der Waals surface area contributed by atoms with Crippen LogP contribution < -0.4 is 15.4 Å². The minimum absolute atomic E-state index is 0.266. The van der Waals surface area contributed by atoms with Crippen LogP contribution in [0.3, 0.4) is 0 Å². The lowest BCUT2D eigenvalue weighted by Gasteiger charge is -2.13. The summed E-state index contributed by atoms with van der Waals surface area (Å²) in [5.41, 5.74) is 0.212. The number of rotatable bonds is 4. The second kappa shape index (κ2) is 7.67. The van der Waals surface area contributed by atoms with Crippen LogP contribution in [0.4, 0.5) is 28.8 Å². The normalized spacial score (nSPS) is 11.1. The van der Waals surface area contributed by atoms with Gasteiger partial charge < -0.3 is 10.1 Å². The molecular weight excluding hydrogens is 379 g/mol. The van der Waals surface area contributed by atoms with Crippen molar-refractivity contribution < 1.29 is 22.7 Å². The molecule has 0 aliphatic heterocycles. The molecular formula is C18H14F3N3O2S. The second-order valence-corrected chi connectivity index (χ2v) is 6.25. The van der Waals surface area contributed by atoms with Crippen molar-refractivity contribution in [2.75, 3.05) is 17.7 Å². The first kappa shape index (κ1) is 18.7. The molecule has 0 aliphatic rings. The van der Waals surface area contributed by atoms with E-state index in [0.29, 0.717) is 11.4 Å². The summed E-state index contributed by atoms with van der Waals surface area (Å²) in [6.45, 7) is 0. The Morgan fingerprint density at radius 3 is 2.44 bits per heavy atom. The number of thiazole rings is 1. The molecule has 0 bridgehead atoms. The molecule has 0 atom stereocenters. The van der Waals surface area contributed by atoms with E-state index in [1.54, 1.807) is 24.6 Å². The molecule has 0 spiro atoms. The predicted molar refractivity (Wildman–Crippen MR) is 98.2 cm³/mol. The lowest BCUT2D eigenvalue weighted by molar-refractivity contribution is -0.136. The summed E-state index contributed by atoms with van der Waals surface area (Å²) in [7, 11) is 1.56. The number of amides is 2.